The molecule has 0 aliphatic carbocycles. The Morgan fingerprint density at radius 2 is 1.84 bits per heavy atom. The number of carbonyl (C=O) groups excluding carboxylic acids is 1. The van der Waals surface area contributed by atoms with E-state index >= 15 is 0 Å². The van der Waals surface area contributed by atoms with Crippen LogP contribution in [0.1, 0.15) is 45.6 Å². The van der Waals surface area contributed by atoms with Gasteiger partial charge in [-0.25, -0.2) is 13.1 Å². The number of anilines is 1. The van der Waals surface area contributed by atoms with E-state index in [4.69, 9.17) is 5.11 Å². The van der Waals surface area contributed by atoms with Crippen LogP contribution in [0, 0.1) is 0 Å². The quantitative estimate of drug-likeness (QED) is 0.577. The van der Waals surface area contributed by atoms with Crippen LogP contribution in [0.2, 0.25) is 0 Å². The Bertz CT molecular complexity index is 708. The third kappa shape index (κ3) is 7.66. The molecule has 1 amide bonds. The lowest BCUT2D eigenvalue weighted by Crippen LogP contribution is -2.39. The van der Waals surface area contributed by atoms with E-state index in [1.807, 2.05) is 0 Å². The summed E-state index contributed by atoms with van der Waals surface area (Å²) in [5.74, 6) is -1.12. The molecule has 0 aromatic heterocycles. The van der Waals surface area contributed by atoms with Crippen molar-refractivity contribution >= 4 is 27.6 Å². The number of hydrogen-bond acceptors (Lipinski definition) is 4. The number of sulfonamides is 1. The molecule has 0 saturated carbocycles. The number of hydrogen-bond donors (Lipinski definition) is 3. The van der Waals surface area contributed by atoms with Crippen LogP contribution in [-0.4, -0.2) is 36.7 Å². The van der Waals surface area contributed by atoms with Gasteiger partial charge in [-0.3, -0.25) is 9.59 Å². The number of benzene rings is 1. The summed E-state index contributed by atoms with van der Waals surface area (Å²) in [4.78, 5) is 22.6. The molecule has 0 unspecified atom stereocenters. The van der Waals surface area contributed by atoms with Crippen molar-refractivity contribution in [2.75, 3.05) is 11.9 Å². The Hall–Kier alpha value is -1.93. The smallest absolute Gasteiger partial charge is 0.307 e. The number of rotatable bonds is 9. The number of unbranched alkanes of at least 4 members (excludes halogenated alkanes) is 1. The Labute approximate surface area is 148 Å². The van der Waals surface area contributed by atoms with Crippen molar-refractivity contribution in [1.29, 1.82) is 0 Å². The van der Waals surface area contributed by atoms with Gasteiger partial charge in [-0.15, -0.1) is 0 Å². The topological polar surface area (TPSA) is 113 Å². The number of nitrogens with one attached hydrogen (secondary N) is 2. The minimum absolute atomic E-state index is 0.0996. The average molecular weight is 370 g/mol. The van der Waals surface area contributed by atoms with Crippen molar-refractivity contribution in [1.82, 2.24) is 4.72 Å². The molecule has 25 heavy (non-hydrogen) atoms. The first kappa shape index (κ1) is 21.1. The molecule has 0 bridgehead atoms. The maximum atomic E-state index is 11.9. The highest BCUT2D eigenvalue weighted by atomic mass is 32.2. The van der Waals surface area contributed by atoms with E-state index in [1.54, 1.807) is 45.0 Å². The van der Waals surface area contributed by atoms with Gasteiger partial charge in [-0.1, -0.05) is 12.1 Å². The fourth-order valence-electron chi connectivity index (χ4n) is 1.99. The molecule has 0 aliphatic rings. The van der Waals surface area contributed by atoms with Crippen molar-refractivity contribution in [3.8, 4) is 0 Å². The fourth-order valence-corrected chi connectivity index (χ4v) is 2.84. The van der Waals surface area contributed by atoms with E-state index in [2.05, 4.69) is 10.0 Å². The van der Waals surface area contributed by atoms with Crippen LogP contribution in [0.15, 0.2) is 24.3 Å². The largest absolute Gasteiger partial charge is 0.481 e. The van der Waals surface area contributed by atoms with Gasteiger partial charge in [-0.2, -0.15) is 0 Å². The lowest BCUT2D eigenvalue weighted by Gasteiger charge is -2.19. The molecule has 0 spiro atoms. The van der Waals surface area contributed by atoms with E-state index in [9.17, 15) is 18.0 Å². The summed E-state index contributed by atoms with van der Waals surface area (Å²) >= 11 is 0. The number of carboxylic acid groups (broad SMARTS) is 1. The third-order valence-electron chi connectivity index (χ3n) is 3.49. The predicted octanol–water partition coefficient (Wildman–Crippen LogP) is 2.14. The zero-order chi connectivity index (χ0) is 19.1. The molecule has 140 valence electrons. The van der Waals surface area contributed by atoms with Gasteiger partial charge in [0.15, 0.2) is 0 Å². The number of carboxylic acids is 1. The molecule has 1 rings (SSSR count). The predicted molar refractivity (Wildman–Crippen MR) is 96.9 cm³/mol. The molecule has 1 aromatic rings. The zero-order valence-electron chi connectivity index (χ0n) is 14.8. The van der Waals surface area contributed by atoms with E-state index < -0.39 is 20.7 Å². The second kappa shape index (κ2) is 8.96. The Morgan fingerprint density at radius 1 is 1.16 bits per heavy atom. The molecule has 0 atom stereocenters. The molecule has 8 heteroatoms. The maximum Gasteiger partial charge on any atom is 0.307 e. The van der Waals surface area contributed by atoms with Crippen LogP contribution < -0.4 is 10.0 Å². The highest BCUT2D eigenvalue weighted by Crippen LogP contribution is 2.14. The van der Waals surface area contributed by atoms with Crippen LogP contribution in [0.25, 0.3) is 0 Å². The molecule has 7 nitrogen and oxygen atoms in total. The van der Waals surface area contributed by atoms with Crippen molar-refractivity contribution in [2.45, 2.75) is 51.2 Å². The van der Waals surface area contributed by atoms with Crippen molar-refractivity contribution in [3.63, 3.8) is 0 Å². The number of amides is 1. The normalized spacial score (nSPS) is 12.0. The summed E-state index contributed by atoms with van der Waals surface area (Å²) in [5, 5.41) is 11.5. The summed E-state index contributed by atoms with van der Waals surface area (Å²) in [6.45, 7) is 5.17. The molecule has 1 aromatic carbocycles. The minimum Gasteiger partial charge on any atom is -0.481 e. The first-order valence-corrected chi connectivity index (χ1v) is 9.59. The second-order valence-electron chi connectivity index (χ2n) is 6.79. The lowest BCUT2D eigenvalue weighted by atomic mass is 10.1. The highest BCUT2D eigenvalue weighted by Gasteiger charge is 2.27. The fraction of sp³-hybridized carbons (Fsp3) is 0.529. The summed E-state index contributed by atoms with van der Waals surface area (Å²) in [5.41, 5.74) is 1.17. The van der Waals surface area contributed by atoms with Gasteiger partial charge in [0.2, 0.25) is 15.9 Å². The number of carbonyl (C=O) groups is 2. The summed E-state index contributed by atoms with van der Waals surface area (Å²) in [6.07, 6.45) is 1.27. The van der Waals surface area contributed by atoms with Gasteiger partial charge in [0.25, 0.3) is 0 Å². The molecular weight excluding hydrogens is 344 g/mol. The van der Waals surface area contributed by atoms with Gasteiger partial charge in [0.1, 0.15) is 0 Å². The standard InChI is InChI=1S/C17H26N2O5S/c1-17(2,3)25(23,24)18-10-5-4-9-15(20)19-14-8-6-7-13(11-14)12-16(21)22/h6-8,11,18H,4-5,9-10,12H2,1-3H3,(H,19,20)(H,21,22). The maximum absolute atomic E-state index is 11.9. The monoisotopic (exact) mass is 370 g/mol. The van der Waals surface area contributed by atoms with Gasteiger partial charge in [0, 0.05) is 18.7 Å². The lowest BCUT2D eigenvalue weighted by molar-refractivity contribution is -0.136. The number of aliphatic carboxylic acids is 1. The summed E-state index contributed by atoms with van der Waals surface area (Å²) < 4.78 is 25.4. The molecule has 0 fully saturated rings. The van der Waals surface area contributed by atoms with E-state index in [0.29, 0.717) is 30.6 Å². The van der Waals surface area contributed by atoms with Crippen LogP contribution in [0.3, 0.4) is 0 Å². The van der Waals surface area contributed by atoms with Gasteiger partial charge in [0.05, 0.1) is 11.2 Å². The summed E-state index contributed by atoms with van der Waals surface area (Å²) in [6, 6.07) is 6.70. The van der Waals surface area contributed by atoms with E-state index in [0.717, 1.165) is 0 Å². The van der Waals surface area contributed by atoms with Crippen LogP contribution >= 0.6 is 0 Å². The van der Waals surface area contributed by atoms with Crippen LogP contribution in [0.4, 0.5) is 5.69 Å². The molecular formula is C17H26N2O5S. The Morgan fingerprint density at radius 3 is 2.44 bits per heavy atom. The van der Waals surface area contributed by atoms with Crippen molar-refractivity contribution in [2.24, 2.45) is 0 Å². The van der Waals surface area contributed by atoms with E-state index in [1.165, 1.54) is 0 Å². The van der Waals surface area contributed by atoms with Gasteiger partial charge >= 0.3 is 5.97 Å². The average Bonchev–Trinajstić information content (AvgIpc) is 2.45. The first-order chi connectivity index (χ1) is 11.5. The zero-order valence-corrected chi connectivity index (χ0v) is 15.6. The van der Waals surface area contributed by atoms with Crippen LogP contribution in [-0.2, 0) is 26.0 Å². The van der Waals surface area contributed by atoms with Crippen LogP contribution in [0.5, 0.6) is 0 Å². The molecule has 0 heterocycles. The molecule has 3 N–H and O–H groups in total. The molecule has 0 aliphatic heterocycles. The van der Waals surface area contributed by atoms with E-state index in [-0.39, 0.29) is 18.7 Å². The molecule has 0 saturated heterocycles. The van der Waals surface area contributed by atoms with Gasteiger partial charge < -0.3 is 10.4 Å². The third-order valence-corrected chi connectivity index (χ3v) is 5.69. The second-order valence-corrected chi connectivity index (χ2v) is 9.31. The SMILES string of the molecule is CC(C)(C)S(=O)(=O)NCCCCC(=O)Nc1cccc(CC(=O)O)c1. The summed E-state index contributed by atoms with van der Waals surface area (Å²) in [7, 11) is -3.36. The first-order valence-electron chi connectivity index (χ1n) is 8.11. The molecule has 0 radical (unpaired) electrons. The van der Waals surface area contributed by atoms with Crippen molar-refractivity contribution in [3.05, 3.63) is 29.8 Å². The van der Waals surface area contributed by atoms with Gasteiger partial charge in [-0.05, 0) is 51.3 Å². The minimum atomic E-state index is -3.36. The Balaban J connectivity index is 2.35. The highest BCUT2D eigenvalue weighted by molar-refractivity contribution is 7.90. The Kier molecular flexibility index (Phi) is 7.57. The van der Waals surface area contributed by atoms with Crippen molar-refractivity contribution < 1.29 is 23.1 Å².